The van der Waals surface area contributed by atoms with E-state index in [0.29, 0.717) is 32.5 Å². The normalized spacial score (nSPS) is 11.6. The van der Waals surface area contributed by atoms with Crippen LogP contribution in [0.2, 0.25) is 5.02 Å². The minimum absolute atomic E-state index is 0.265. The summed E-state index contributed by atoms with van der Waals surface area (Å²) in [6, 6.07) is 10.4. The average molecular weight is 377 g/mol. The number of methoxy groups -OCH3 is 2. The minimum atomic E-state index is -0.316. The van der Waals surface area contributed by atoms with E-state index in [1.165, 1.54) is 14.2 Å². The second-order valence-corrected chi connectivity index (χ2v) is 6.03. The molecule has 1 heterocycles. The SMILES string of the molecule is COc1cc2nc(/C(Cl)=C/c3ccc(Cl)cc3)[nH]c(=O)c2cc1OC. The van der Waals surface area contributed by atoms with Crippen LogP contribution < -0.4 is 15.0 Å². The van der Waals surface area contributed by atoms with Gasteiger partial charge in [0.2, 0.25) is 0 Å². The van der Waals surface area contributed by atoms with E-state index in [2.05, 4.69) is 9.97 Å². The Morgan fingerprint density at radius 3 is 2.40 bits per heavy atom. The molecule has 0 aliphatic rings. The highest BCUT2D eigenvalue weighted by Gasteiger charge is 2.12. The third-order valence-corrected chi connectivity index (χ3v) is 4.14. The van der Waals surface area contributed by atoms with E-state index in [0.717, 1.165) is 5.56 Å². The van der Waals surface area contributed by atoms with E-state index in [4.69, 9.17) is 32.7 Å². The molecule has 0 fully saturated rings. The lowest BCUT2D eigenvalue weighted by atomic mass is 10.2. The molecule has 3 rings (SSSR count). The van der Waals surface area contributed by atoms with E-state index in [-0.39, 0.29) is 11.4 Å². The van der Waals surface area contributed by atoms with Gasteiger partial charge in [0.15, 0.2) is 17.3 Å². The molecule has 0 bridgehead atoms. The van der Waals surface area contributed by atoms with Crippen LogP contribution in [-0.4, -0.2) is 24.2 Å². The fourth-order valence-electron chi connectivity index (χ4n) is 2.35. The number of H-pyrrole nitrogens is 1. The number of nitrogens with one attached hydrogen (secondary N) is 1. The van der Waals surface area contributed by atoms with Crippen LogP contribution in [0.5, 0.6) is 11.5 Å². The zero-order valence-corrected chi connectivity index (χ0v) is 15.0. The third-order valence-electron chi connectivity index (χ3n) is 3.60. The van der Waals surface area contributed by atoms with Crippen molar-refractivity contribution in [1.29, 1.82) is 0 Å². The number of halogens is 2. The van der Waals surface area contributed by atoms with Gasteiger partial charge in [-0.1, -0.05) is 35.3 Å². The Morgan fingerprint density at radius 1 is 1.12 bits per heavy atom. The van der Waals surface area contributed by atoms with Crippen LogP contribution in [0.1, 0.15) is 11.4 Å². The van der Waals surface area contributed by atoms with Crippen molar-refractivity contribution in [2.45, 2.75) is 0 Å². The summed E-state index contributed by atoms with van der Waals surface area (Å²) in [5.74, 6) is 1.20. The highest BCUT2D eigenvalue weighted by Crippen LogP contribution is 2.30. The highest BCUT2D eigenvalue weighted by molar-refractivity contribution is 6.50. The van der Waals surface area contributed by atoms with E-state index in [1.54, 1.807) is 30.3 Å². The van der Waals surface area contributed by atoms with Crippen molar-refractivity contribution in [3.63, 3.8) is 0 Å². The Balaban J connectivity index is 2.10. The number of ether oxygens (including phenoxy) is 2. The van der Waals surface area contributed by atoms with Crippen molar-refractivity contribution >= 4 is 45.2 Å². The second kappa shape index (κ2) is 7.17. The summed E-state index contributed by atoms with van der Waals surface area (Å²) >= 11 is 12.2. The molecule has 0 radical (unpaired) electrons. The molecule has 0 saturated heterocycles. The number of fused-ring (bicyclic) bond motifs is 1. The van der Waals surface area contributed by atoms with Gasteiger partial charge in [0.1, 0.15) is 0 Å². The molecule has 0 saturated carbocycles. The first-order valence-corrected chi connectivity index (χ1v) is 8.06. The van der Waals surface area contributed by atoms with E-state index in [9.17, 15) is 4.79 Å². The molecule has 128 valence electrons. The van der Waals surface area contributed by atoms with Gasteiger partial charge in [0, 0.05) is 11.1 Å². The topological polar surface area (TPSA) is 64.2 Å². The van der Waals surface area contributed by atoms with Crippen LogP contribution in [0.15, 0.2) is 41.2 Å². The molecule has 7 heteroatoms. The van der Waals surface area contributed by atoms with Gasteiger partial charge in [-0.05, 0) is 29.8 Å². The maximum absolute atomic E-state index is 12.4. The number of rotatable bonds is 4. The molecule has 0 amide bonds. The number of hydrogen-bond donors (Lipinski definition) is 1. The molecule has 0 aliphatic heterocycles. The van der Waals surface area contributed by atoms with Gasteiger partial charge in [0.25, 0.3) is 5.56 Å². The van der Waals surface area contributed by atoms with Gasteiger partial charge < -0.3 is 14.5 Å². The minimum Gasteiger partial charge on any atom is -0.493 e. The van der Waals surface area contributed by atoms with Gasteiger partial charge in [-0.2, -0.15) is 0 Å². The van der Waals surface area contributed by atoms with Crippen molar-refractivity contribution in [2.24, 2.45) is 0 Å². The predicted molar refractivity (Wildman–Crippen MR) is 101 cm³/mol. The van der Waals surface area contributed by atoms with Crippen LogP contribution in [0.25, 0.3) is 22.0 Å². The van der Waals surface area contributed by atoms with Gasteiger partial charge in [0.05, 0.1) is 30.2 Å². The van der Waals surface area contributed by atoms with Crippen molar-refractivity contribution in [3.05, 3.63) is 63.2 Å². The summed E-state index contributed by atoms with van der Waals surface area (Å²) in [5, 5.41) is 1.32. The van der Waals surface area contributed by atoms with Gasteiger partial charge >= 0.3 is 0 Å². The fraction of sp³-hybridized carbons (Fsp3) is 0.111. The maximum atomic E-state index is 12.4. The first-order chi connectivity index (χ1) is 12.0. The Kier molecular flexibility index (Phi) is 4.97. The molecule has 0 aliphatic carbocycles. The number of nitrogens with zero attached hydrogens (tertiary/aromatic N) is 1. The lowest BCUT2D eigenvalue weighted by Crippen LogP contribution is -2.11. The molecular formula is C18H14Cl2N2O3. The third kappa shape index (κ3) is 3.62. The summed E-state index contributed by atoms with van der Waals surface area (Å²) in [5.41, 5.74) is 0.979. The van der Waals surface area contributed by atoms with Crippen molar-refractivity contribution < 1.29 is 9.47 Å². The molecule has 1 N–H and O–H groups in total. The highest BCUT2D eigenvalue weighted by atomic mass is 35.5. The summed E-state index contributed by atoms with van der Waals surface area (Å²) in [7, 11) is 3.02. The van der Waals surface area contributed by atoms with Crippen molar-refractivity contribution in [1.82, 2.24) is 9.97 Å². The smallest absolute Gasteiger partial charge is 0.259 e. The van der Waals surface area contributed by atoms with E-state index < -0.39 is 0 Å². The molecule has 2 aromatic carbocycles. The second-order valence-electron chi connectivity index (χ2n) is 5.18. The molecule has 25 heavy (non-hydrogen) atoms. The fourth-order valence-corrected chi connectivity index (χ4v) is 2.69. The zero-order chi connectivity index (χ0) is 18.0. The van der Waals surface area contributed by atoms with Crippen LogP contribution in [0.3, 0.4) is 0 Å². The monoisotopic (exact) mass is 376 g/mol. The molecule has 5 nitrogen and oxygen atoms in total. The quantitative estimate of drug-likeness (QED) is 0.735. The number of hydrogen-bond acceptors (Lipinski definition) is 4. The molecule has 1 aromatic heterocycles. The molecule has 0 spiro atoms. The number of benzene rings is 2. The Labute approximate surface area is 153 Å². The number of aromatic nitrogens is 2. The Morgan fingerprint density at radius 2 is 1.76 bits per heavy atom. The van der Waals surface area contributed by atoms with E-state index >= 15 is 0 Å². The van der Waals surface area contributed by atoms with Crippen molar-refractivity contribution in [3.8, 4) is 11.5 Å². The molecule has 0 atom stereocenters. The molecule has 0 unspecified atom stereocenters. The average Bonchev–Trinajstić information content (AvgIpc) is 2.62. The Hall–Kier alpha value is -2.50. The predicted octanol–water partition coefficient (Wildman–Crippen LogP) is 4.33. The first kappa shape index (κ1) is 17.3. The van der Waals surface area contributed by atoms with Gasteiger partial charge in [-0.3, -0.25) is 4.79 Å². The summed E-state index contributed by atoms with van der Waals surface area (Å²) in [6.45, 7) is 0. The molecule has 3 aromatic rings. The van der Waals surface area contributed by atoms with Gasteiger partial charge in [-0.25, -0.2) is 4.98 Å². The van der Waals surface area contributed by atoms with Crippen LogP contribution >= 0.6 is 23.2 Å². The van der Waals surface area contributed by atoms with Gasteiger partial charge in [-0.15, -0.1) is 0 Å². The van der Waals surface area contributed by atoms with Crippen LogP contribution in [0, 0.1) is 0 Å². The summed E-state index contributed by atoms with van der Waals surface area (Å²) in [4.78, 5) is 19.5. The zero-order valence-electron chi connectivity index (χ0n) is 13.5. The molecular weight excluding hydrogens is 363 g/mol. The maximum Gasteiger partial charge on any atom is 0.259 e. The first-order valence-electron chi connectivity index (χ1n) is 7.31. The lowest BCUT2D eigenvalue weighted by molar-refractivity contribution is 0.355. The summed E-state index contributed by atoms with van der Waals surface area (Å²) < 4.78 is 10.5. The Bertz CT molecular complexity index is 1010. The van der Waals surface area contributed by atoms with E-state index in [1.807, 2.05) is 12.1 Å². The number of aromatic amines is 1. The summed E-state index contributed by atoms with van der Waals surface area (Å²) in [6.07, 6.45) is 1.70. The standard InChI is InChI=1S/C18H14Cl2N2O3/c1-24-15-8-12-14(9-16(15)25-2)21-17(22-18(12)23)13(20)7-10-3-5-11(19)6-4-10/h3-9H,1-2H3,(H,21,22,23)/b13-7-. The van der Waals surface area contributed by atoms with Crippen LogP contribution in [0.4, 0.5) is 0 Å². The largest absolute Gasteiger partial charge is 0.493 e. The lowest BCUT2D eigenvalue weighted by Gasteiger charge is -2.09. The van der Waals surface area contributed by atoms with Crippen molar-refractivity contribution in [2.75, 3.05) is 14.2 Å². The van der Waals surface area contributed by atoms with Crippen LogP contribution in [-0.2, 0) is 0 Å².